The molecule has 0 aliphatic carbocycles. The van der Waals surface area contributed by atoms with E-state index in [4.69, 9.17) is 9.47 Å². The number of nitrogens with zero attached hydrogens (tertiary/aromatic N) is 5. The van der Waals surface area contributed by atoms with E-state index in [1.54, 1.807) is 47.0 Å². The van der Waals surface area contributed by atoms with Crippen LogP contribution in [0.2, 0.25) is 0 Å². The highest BCUT2D eigenvalue weighted by Crippen LogP contribution is 2.27. The molecule has 2 aliphatic rings. The van der Waals surface area contributed by atoms with Crippen molar-refractivity contribution in [1.29, 1.82) is 0 Å². The molecule has 2 saturated heterocycles. The first-order chi connectivity index (χ1) is 16.9. The van der Waals surface area contributed by atoms with Crippen LogP contribution in [0.15, 0.2) is 30.5 Å². The molecule has 1 unspecified atom stereocenters. The second-order valence-corrected chi connectivity index (χ2v) is 8.75. The molecule has 1 aromatic carbocycles. The first-order valence-corrected chi connectivity index (χ1v) is 11.7. The summed E-state index contributed by atoms with van der Waals surface area (Å²) < 4.78 is 11.9. The van der Waals surface area contributed by atoms with Crippen LogP contribution in [0.4, 0.5) is 5.69 Å². The molecule has 188 valence electrons. The standard InChI is InChI=1S/C24H32N6O5/c1-27-16-20(23(26-27)35-3)24(33)29-12-10-28(11-13-29)9-8-25-22(32)17-14-21(31)30(15-17)18-4-6-19(34-2)7-5-18/h4-7,16-17H,8-15H2,1-3H3,(H,25,32). The predicted octanol–water partition coefficient (Wildman–Crippen LogP) is 0.364. The molecule has 1 N–H and O–H groups in total. The summed E-state index contributed by atoms with van der Waals surface area (Å²) in [5.74, 6) is 0.437. The highest BCUT2D eigenvalue weighted by Gasteiger charge is 2.35. The Bertz CT molecular complexity index is 1060. The molecule has 2 aromatic rings. The van der Waals surface area contributed by atoms with Crippen molar-refractivity contribution >= 4 is 23.4 Å². The van der Waals surface area contributed by atoms with Gasteiger partial charge in [-0.15, -0.1) is 5.10 Å². The third-order valence-corrected chi connectivity index (χ3v) is 6.49. The maximum atomic E-state index is 12.8. The molecule has 11 nitrogen and oxygen atoms in total. The summed E-state index contributed by atoms with van der Waals surface area (Å²) in [5.41, 5.74) is 1.23. The molecule has 0 saturated carbocycles. The number of piperazine rings is 1. The highest BCUT2D eigenvalue weighted by molar-refractivity contribution is 6.00. The molecule has 35 heavy (non-hydrogen) atoms. The first-order valence-electron chi connectivity index (χ1n) is 11.7. The number of rotatable bonds is 8. The molecular weight excluding hydrogens is 452 g/mol. The van der Waals surface area contributed by atoms with E-state index in [-0.39, 0.29) is 30.1 Å². The molecule has 1 atom stereocenters. The largest absolute Gasteiger partial charge is 0.497 e. The van der Waals surface area contributed by atoms with E-state index in [1.165, 1.54) is 7.11 Å². The van der Waals surface area contributed by atoms with Crippen LogP contribution in [-0.2, 0) is 16.6 Å². The minimum absolute atomic E-state index is 0.0543. The Kier molecular flexibility index (Phi) is 7.54. The van der Waals surface area contributed by atoms with Gasteiger partial charge in [-0.05, 0) is 24.3 Å². The lowest BCUT2D eigenvalue weighted by Gasteiger charge is -2.34. The third kappa shape index (κ3) is 5.56. The van der Waals surface area contributed by atoms with E-state index in [1.807, 2.05) is 12.1 Å². The SMILES string of the molecule is COc1ccc(N2CC(C(=O)NCCN3CCN(C(=O)c4cn(C)nc4OC)CC3)CC2=O)cc1. The zero-order valence-corrected chi connectivity index (χ0v) is 20.4. The Balaban J connectivity index is 1.20. The average molecular weight is 485 g/mol. The molecule has 2 fully saturated rings. The molecule has 11 heteroatoms. The number of amides is 3. The average Bonchev–Trinajstić information content (AvgIpc) is 3.46. The van der Waals surface area contributed by atoms with Gasteiger partial charge in [-0.1, -0.05) is 0 Å². The normalized spacial score (nSPS) is 18.6. The molecule has 3 amide bonds. The number of methoxy groups -OCH3 is 2. The molecule has 0 spiro atoms. The van der Waals surface area contributed by atoms with Crippen LogP contribution in [-0.4, -0.2) is 97.3 Å². The quantitative estimate of drug-likeness (QED) is 0.576. The molecule has 0 bridgehead atoms. The smallest absolute Gasteiger partial charge is 0.261 e. The Labute approximate surface area is 204 Å². The number of carbonyl (C=O) groups excluding carboxylic acids is 3. The number of hydrogen-bond acceptors (Lipinski definition) is 7. The van der Waals surface area contributed by atoms with Crippen LogP contribution in [0.3, 0.4) is 0 Å². The second kappa shape index (κ2) is 10.8. The first kappa shape index (κ1) is 24.5. The number of ether oxygens (including phenoxy) is 2. The molecule has 2 aliphatic heterocycles. The Morgan fingerprint density at radius 2 is 1.80 bits per heavy atom. The van der Waals surface area contributed by atoms with Crippen LogP contribution in [0.5, 0.6) is 11.6 Å². The van der Waals surface area contributed by atoms with Gasteiger partial charge in [0.25, 0.3) is 5.91 Å². The predicted molar refractivity (Wildman–Crippen MR) is 129 cm³/mol. The van der Waals surface area contributed by atoms with Crippen LogP contribution in [0, 0.1) is 5.92 Å². The maximum Gasteiger partial charge on any atom is 0.261 e. The van der Waals surface area contributed by atoms with E-state index in [0.717, 1.165) is 24.5 Å². The van der Waals surface area contributed by atoms with Crippen LogP contribution in [0.1, 0.15) is 16.8 Å². The lowest BCUT2D eigenvalue weighted by molar-refractivity contribution is -0.126. The molecule has 4 rings (SSSR count). The van der Waals surface area contributed by atoms with Crippen LogP contribution >= 0.6 is 0 Å². The summed E-state index contributed by atoms with van der Waals surface area (Å²) in [4.78, 5) is 43.6. The van der Waals surface area contributed by atoms with Gasteiger partial charge in [0.1, 0.15) is 11.3 Å². The summed E-state index contributed by atoms with van der Waals surface area (Å²) in [6.45, 7) is 4.19. The molecule has 0 radical (unpaired) electrons. The van der Waals surface area contributed by atoms with Crippen molar-refractivity contribution in [3.05, 3.63) is 36.0 Å². The van der Waals surface area contributed by atoms with Gasteiger partial charge in [0.15, 0.2) is 0 Å². The van der Waals surface area contributed by atoms with Gasteiger partial charge in [-0.3, -0.25) is 24.0 Å². The Morgan fingerprint density at radius 3 is 2.46 bits per heavy atom. The van der Waals surface area contributed by atoms with E-state index >= 15 is 0 Å². The van der Waals surface area contributed by atoms with Gasteiger partial charge in [0.2, 0.25) is 17.7 Å². The van der Waals surface area contributed by atoms with Crippen LogP contribution in [0.25, 0.3) is 0 Å². The van der Waals surface area contributed by atoms with Crippen molar-refractivity contribution in [1.82, 2.24) is 24.9 Å². The second-order valence-electron chi connectivity index (χ2n) is 8.75. The van der Waals surface area contributed by atoms with Gasteiger partial charge in [-0.25, -0.2) is 0 Å². The van der Waals surface area contributed by atoms with Gasteiger partial charge in [0, 0.05) is 71.2 Å². The minimum Gasteiger partial charge on any atom is -0.497 e. The fourth-order valence-electron chi connectivity index (χ4n) is 4.49. The van der Waals surface area contributed by atoms with Crippen molar-refractivity contribution in [3.8, 4) is 11.6 Å². The fraction of sp³-hybridized carbons (Fsp3) is 0.500. The fourth-order valence-corrected chi connectivity index (χ4v) is 4.49. The van der Waals surface area contributed by atoms with Gasteiger partial charge in [0.05, 0.1) is 20.1 Å². The van der Waals surface area contributed by atoms with Gasteiger partial charge in [-0.2, -0.15) is 0 Å². The number of aromatic nitrogens is 2. The van der Waals surface area contributed by atoms with Gasteiger partial charge < -0.3 is 24.6 Å². The lowest BCUT2D eigenvalue weighted by atomic mass is 10.1. The Morgan fingerprint density at radius 1 is 1.09 bits per heavy atom. The Hall–Kier alpha value is -3.60. The van der Waals surface area contributed by atoms with Gasteiger partial charge >= 0.3 is 0 Å². The molecular formula is C24H32N6O5. The molecule has 3 heterocycles. The van der Waals surface area contributed by atoms with E-state index in [9.17, 15) is 14.4 Å². The van der Waals surface area contributed by atoms with Crippen molar-refractivity contribution in [2.24, 2.45) is 13.0 Å². The summed E-state index contributed by atoms with van der Waals surface area (Å²) in [5, 5.41) is 7.12. The number of nitrogens with one attached hydrogen (secondary N) is 1. The number of aryl methyl sites for hydroxylation is 1. The number of hydrogen-bond donors (Lipinski definition) is 1. The topological polar surface area (TPSA) is 109 Å². The number of anilines is 1. The summed E-state index contributed by atoms with van der Waals surface area (Å²) in [6.07, 6.45) is 1.88. The van der Waals surface area contributed by atoms with E-state index < -0.39 is 0 Å². The molecule has 1 aromatic heterocycles. The maximum absolute atomic E-state index is 12.8. The van der Waals surface area contributed by atoms with E-state index in [2.05, 4.69) is 15.3 Å². The third-order valence-electron chi connectivity index (χ3n) is 6.49. The monoisotopic (exact) mass is 484 g/mol. The van der Waals surface area contributed by atoms with Crippen molar-refractivity contribution in [3.63, 3.8) is 0 Å². The summed E-state index contributed by atoms with van der Waals surface area (Å²) in [6, 6.07) is 7.25. The zero-order chi connectivity index (χ0) is 24.9. The van der Waals surface area contributed by atoms with Crippen molar-refractivity contribution in [2.45, 2.75) is 6.42 Å². The number of benzene rings is 1. The minimum atomic E-state index is -0.367. The van der Waals surface area contributed by atoms with Crippen LogP contribution < -0.4 is 19.7 Å². The number of carbonyl (C=O) groups is 3. The van der Waals surface area contributed by atoms with E-state index in [0.29, 0.717) is 44.2 Å². The van der Waals surface area contributed by atoms with Crippen molar-refractivity contribution in [2.75, 3.05) is 64.9 Å². The zero-order valence-electron chi connectivity index (χ0n) is 20.4. The highest BCUT2D eigenvalue weighted by atomic mass is 16.5. The lowest BCUT2D eigenvalue weighted by Crippen LogP contribution is -2.50. The summed E-state index contributed by atoms with van der Waals surface area (Å²) >= 11 is 0. The summed E-state index contributed by atoms with van der Waals surface area (Å²) in [7, 11) is 4.85. The van der Waals surface area contributed by atoms with Crippen molar-refractivity contribution < 1.29 is 23.9 Å².